The Hall–Kier alpha value is -1.14. The molecular formula is C22H36N2O4. The second kappa shape index (κ2) is 6.98. The summed E-state index contributed by atoms with van der Waals surface area (Å²) in [5.74, 6) is 0.973. The zero-order chi connectivity index (χ0) is 20.3. The summed E-state index contributed by atoms with van der Waals surface area (Å²) in [6, 6.07) is -0.726. The van der Waals surface area contributed by atoms with E-state index < -0.39 is 18.8 Å². The first-order chi connectivity index (χ1) is 13.2. The van der Waals surface area contributed by atoms with Crippen LogP contribution in [0.3, 0.4) is 0 Å². The van der Waals surface area contributed by atoms with E-state index in [2.05, 4.69) is 31.4 Å². The minimum atomic E-state index is -0.911. The third kappa shape index (κ3) is 2.98. The number of aliphatic hydroxyl groups is 2. The minimum absolute atomic E-state index is 0.00685. The molecule has 2 amide bonds. The lowest BCUT2D eigenvalue weighted by molar-refractivity contribution is -0.132. The van der Waals surface area contributed by atoms with E-state index in [1.807, 2.05) is 0 Å². The van der Waals surface area contributed by atoms with Crippen LogP contribution in [0.5, 0.6) is 0 Å². The molecule has 8 atom stereocenters. The van der Waals surface area contributed by atoms with E-state index in [1.54, 1.807) is 0 Å². The lowest BCUT2D eigenvalue weighted by atomic mass is 9.70. The van der Waals surface area contributed by atoms with Crippen LogP contribution in [0.2, 0.25) is 0 Å². The highest BCUT2D eigenvalue weighted by atomic mass is 16.3. The summed E-state index contributed by atoms with van der Waals surface area (Å²) >= 11 is 0. The molecule has 0 aromatic heterocycles. The fraction of sp³-hybridized carbons (Fsp3) is 0.909. The van der Waals surface area contributed by atoms with Gasteiger partial charge in [-0.3, -0.25) is 9.59 Å². The molecule has 4 rings (SSSR count). The van der Waals surface area contributed by atoms with Gasteiger partial charge in [0, 0.05) is 12.5 Å². The van der Waals surface area contributed by atoms with Crippen molar-refractivity contribution in [3.05, 3.63) is 0 Å². The highest BCUT2D eigenvalue weighted by Gasteiger charge is 2.65. The highest BCUT2D eigenvalue weighted by molar-refractivity contribution is 5.88. The van der Waals surface area contributed by atoms with E-state index in [4.69, 9.17) is 0 Å². The fourth-order valence-electron chi connectivity index (χ4n) is 7.15. The molecule has 158 valence electrons. The third-order valence-electron chi connectivity index (χ3n) is 9.27. The van der Waals surface area contributed by atoms with Crippen LogP contribution in [0.25, 0.3) is 0 Å². The van der Waals surface area contributed by atoms with Crippen LogP contribution in [0.15, 0.2) is 0 Å². The van der Waals surface area contributed by atoms with Crippen molar-refractivity contribution in [3.8, 4) is 0 Å². The smallest absolute Gasteiger partial charge is 0.245 e. The van der Waals surface area contributed by atoms with Gasteiger partial charge in [-0.1, -0.05) is 27.2 Å². The van der Waals surface area contributed by atoms with Crippen molar-refractivity contribution in [2.24, 2.45) is 34.5 Å². The maximum Gasteiger partial charge on any atom is 0.245 e. The quantitative estimate of drug-likeness (QED) is 0.552. The molecule has 8 unspecified atom stereocenters. The van der Waals surface area contributed by atoms with E-state index in [1.165, 1.54) is 19.3 Å². The highest BCUT2D eigenvalue weighted by Crippen LogP contribution is 2.68. The summed E-state index contributed by atoms with van der Waals surface area (Å²) in [6.07, 6.45) is 6.38. The van der Waals surface area contributed by atoms with E-state index in [-0.39, 0.29) is 41.0 Å². The average molecular weight is 393 g/mol. The van der Waals surface area contributed by atoms with E-state index in [0.717, 1.165) is 25.2 Å². The van der Waals surface area contributed by atoms with Gasteiger partial charge in [0.25, 0.3) is 0 Å². The van der Waals surface area contributed by atoms with Crippen LogP contribution in [-0.4, -0.2) is 46.8 Å². The number of carbonyl (C=O) groups is 2. The van der Waals surface area contributed by atoms with Crippen LogP contribution in [0, 0.1) is 34.5 Å². The van der Waals surface area contributed by atoms with Gasteiger partial charge in [-0.15, -0.1) is 0 Å². The van der Waals surface area contributed by atoms with Crippen molar-refractivity contribution in [1.29, 1.82) is 0 Å². The van der Waals surface area contributed by atoms with Crippen molar-refractivity contribution >= 4 is 11.8 Å². The first-order valence-electron chi connectivity index (χ1n) is 11.1. The topological polar surface area (TPSA) is 98.7 Å². The maximum atomic E-state index is 12.7. The first kappa shape index (κ1) is 20.1. The normalized spacial score (nSPS) is 43.9. The molecule has 0 saturated heterocycles. The second-order valence-corrected chi connectivity index (χ2v) is 10.7. The van der Waals surface area contributed by atoms with Gasteiger partial charge < -0.3 is 20.8 Å². The number of amides is 2. The van der Waals surface area contributed by atoms with Crippen LogP contribution in [0.4, 0.5) is 0 Å². The Morgan fingerprint density at radius 2 is 1.89 bits per heavy atom. The Kier molecular flexibility index (Phi) is 5.02. The minimum Gasteiger partial charge on any atom is -0.394 e. The van der Waals surface area contributed by atoms with Crippen molar-refractivity contribution in [3.63, 3.8) is 0 Å². The van der Waals surface area contributed by atoms with Crippen LogP contribution >= 0.6 is 0 Å². The van der Waals surface area contributed by atoms with Gasteiger partial charge in [-0.05, 0) is 66.6 Å². The van der Waals surface area contributed by atoms with Crippen LogP contribution in [0.1, 0.15) is 65.7 Å². The number of carbonyl (C=O) groups excluding carboxylic acids is 2. The molecule has 6 nitrogen and oxygen atoms in total. The van der Waals surface area contributed by atoms with Gasteiger partial charge in [0.15, 0.2) is 0 Å². The summed E-state index contributed by atoms with van der Waals surface area (Å²) in [5.41, 5.74) is -0.148. The predicted octanol–water partition coefficient (Wildman–Crippen LogP) is 1.59. The predicted molar refractivity (Wildman–Crippen MR) is 105 cm³/mol. The molecular weight excluding hydrogens is 356 g/mol. The van der Waals surface area contributed by atoms with Gasteiger partial charge in [0.1, 0.15) is 6.04 Å². The zero-order valence-electron chi connectivity index (χ0n) is 17.4. The molecule has 0 aliphatic heterocycles. The molecule has 4 N–H and O–H groups in total. The van der Waals surface area contributed by atoms with Gasteiger partial charge >= 0.3 is 0 Å². The summed E-state index contributed by atoms with van der Waals surface area (Å²) in [5, 5.41) is 26.3. The molecule has 4 aliphatic carbocycles. The summed E-state index contributed by atoms with van der Waals surface area (Å²) < 4.78 is 0. The Morgan fingerprint density at radius 3 is 2.43 bits per heavy atom. The lowest BCUT2D eigenvalue weighted by Gasteiger charge is -2.37. The lowest BCUT2D eigenvalue weighted by Crippen LogP contribution is -2.53. The molecule has 0 spiro atoms. The molecule has 6 heteroatoms. The van der Waals surface area contributed by atoms with Gasteiger partial charge in [-0.2, -0.15) is 0 Å². The standard InChI is InChI=1S/C22H36N2O4/c1-21(2)15-6-7-22(21,3)19(27)14(15)10-18(26)23-17(11-25)20(28)24-16-9-12-4-5-13(16)8-12/h12-17,19,25,27H,4-11H2,1-3H3,(H,23,26)(H,24,28). The Morgan fingerprint density at radius 1 is 1.14 bits per heavy atom. The van der Waals surface area contributed by atoms with Gasteiger partial charge in [0.05, 0.1) is 12.7 Å². The molecule has 0 radical (unpaired) electrons. The van der Waals surface area contributed by atoms with Crippen LogP contribution in [-0.2, 0) is 9.59 Å². The Balaban J connectivity index is 1.33. The zero-order valence-corrected chi connectivity index (χ0v) is 17.4. The molecule has 0 aromatic rings. The summed E-state index contributed by atoms with van der Waals surface area (Å²) in [6.45, 7) is 6.13. The number of fused-ring (bicyclic) bond motifs is 4. The monoisotopic (exact) mass is 392 g/mol. The molecule has 4 aliphatic rings. The molecule has 28 heavy (non-hydrogen) atoms. The number of hydrogen-bond acceptors (Lipinski definition) is 4. The van der Waals surface area contributed by atoms with Gasteiger partial charge in [-0.25, -0.2) is 0 Å². The van der Waals surface area contributed by atoms with E-state index in [0.29, 0.717) is 11.8 Å². The number of aliphatic hydroxyl groups excluding tert-OH is 2. The molecule has 4 bridgehead atoms. The molecule has 0 aromatic carbocycles. The van der Waals surface area contributed by atoms with E-state index in [9.17, 15) is 19.8 Å². The number of rotatable bonds is 6. The van der Waals surface area contributed by atoms with Crippen molar-refractivity contribution in [1.82, 2.24) is 10.6 Å². The molecule has 4 fully saturated rings. The van der Waals surface area contributed by atoms with E-state index >= 15 is 0 Å². The fourth-order valence-corrected chi connectivity index (χ4v) is 7.15. The Labute approximate surface area is 167 Å². The summed E-state index contributed by atoms with van der Waals surface area (Å²) in [7, 11) is 0. The summed E-state index contributed by atoms with van der Waals surface area (Å²) in [4.78, 5) is 25.3. The second-order valence-electron chi connectivity index (χ2n) is 10.7. The van der Waals surface area contributed by atoms with Crippen LogP contribution < -0.4 is 10.6 Å². The number of hydrogen-bond donors (Lipinski definition) is 4. The first-order valence-corrected chi connectivity index (χ1v) is 11.1. The van der Waals surface area contributed by atoms with Crippen molar-refractivity contribution in [2.45, 2.75) is 83.9 Å². The number of nitrogens with one attached hydrogen (secondary N) is 2. The molecule has 0 heterocycles. The third-order valence-corrected chi connectivity index (χ3v) is 9.27. The van der Waals surface area contributed by atoms with Gasteiger partial charge in [0.2, 0.25) is 11.8 Å². The Bertz CT molecular complexity index is 650. The van der Waals surface area contributed by atoms with Crippen molar-refractivity contribution < 1.29 is 19.8 Å². The largest absolute Gasteiger partial charge is 0.394 e. The SMILES string of the molecule is CC1(C)C2CCC1(C)C(O)C2CC(=O)NC(CO)C(=O)NC1CC2CCC1C2. The molecule has 4 saturated carbocycles. The average Bonchev–Trinajstić information content (AvgIpc) is 3.34. The van der Waals surface area contributed by atoms with Crippen molar-refractivity contribution in [2.75, 3.05) is 6.61 Å². The maximum absolute atomic E-state index is 12.7.